The Labute approximate surface area is 181 Å². The number of methoxy groups -OCH3 is 1. The van der Waals surface area contributed by atoms with Gasteiger partial charge in [0.05, 0.1) is 16.7 Å². The van der Waals surface area contributed by atoms with Gasteiger partial charge in [0, 0.05) is 30.4 Å². The molecule has 1 amide bonds. The number of nitrogens with one attached hydrogen (secondary N) is 1. The number of fused-ring (bicyclic) bond motifs is 1. The number of para-hydroxylation sites is 1. The number of carbonyl (C=O) groups is 1. The van der Waals surface area contributed by atoms with Crippen LogP contribution in [0.4, 0.5) is 5.69 Å². The van der Waals surface area contributed by atoms with Gasteiger partial charge in [0.1, 0.15) is 0 Å². The van der Waals surface area contributed by atoms with Gasteiger partial charge in [-0.25, -0.2) is 4.98 Å². The van der Waals surface area contributed by atoms with Crippen molar-refractivity contribution in [2.24, 2.45) is 0 Å². The maximum atomic E-state index is 12.9. The molecule has 0 atom stereocenters. The minimum absolute atomic E-state index is 0.0999. The standard InChI is InChI=1S/C21H22BrN3O3S/c1-14-8-9-15(12-17(14)22)23-19(26)13-29-21-24-18-7-4-3-6-16(18)20(27)25(21)10-5-11-28-2/h3-4,6-9,12H,5,10-11,13H2,1-2H3,(H,23,26). The summed E-state index contributed by atoms with van der Waals surface area (Å²) < 4.78 is 7.67. The van der Waals surface area contributed by atoms with E-state index in [2.05, 4.69) is 26.2 Å². The molecule has 2 aromatic carbocycles. The summed E-state index contributed by atoms with van der Waals surface area (Å²) in [6.07, 6.45) is 0.688. The van der Waals surface area contributed by atoms with Gasteiger partial charge < -0.3 is 10.1 Å². The van der Waals surface area contributed by atoms with E-state index >= 15 is 0 Å². The Morgan fingerprint density at radius 3 is 2.83 bits per heavy atom. The SMILES string of the molecule is COCCCn1c(SCC(=O)Nc2ccc(C)c(Br)c2)nc2ccccc2c1=O. The number of anilines is 1. The Kier molecular flexibility index (Phi) is 7.46. The summed E-state index contributed by atoms with van der Waals surface area (Å²) in [6, 6.07) is 12.9. The van der Waals surface area contributed by atoms with Crippen molar-refractivity contribution in [3.63, 3.8) is 0 Å². The highest BCUT2D eigenvalue weighted by atomic mass is 79.9. The maximum absolute atomic E-state index is 12.9. The van der Waals surface area contributed by atoms with Crippen LogP contribution in [0.25, 0.3) is 10.9 Å². The predicted molar refractivity (Wildman–Crippen MR) is 121 cm³/mol. The molecule has 3 rings (SSSR count). The molecule has 0 aliphatic carbocycles. The van der Waals surface area contributed by atoms with Gasteiger partial charge in [-0.1, -0.05) is 45.9 Å². The van der Waals surface area contributed by atoms with Crippen molar-refractivity contribution in [3.05, 3.63) is 62.9 Å². The van der Waals surface area contributed by atoms with Crippen LogP contribution in [0.5, 0.6) is 0 Å². The molecule has 8 heteroatoms. The van der Waals surface area contributed by atoms with Gasteiger partial charge in [-0.2, -0.15) is 0 Å². The molecule has 29 heavy (non-hydrogen) atoms. The molecule has 1 aromatic heterocycles. The average molecular weight is 476 g/mol. The van der Waals surface area contributed by atoms with Crippen LogP contribution in [0.15, 0.2) is 56.9 Å². The smallest absolute Gasteiger partial charge is 0.262 e. The fraction of sp³-hybridized carbons (Fsp3) is 0.286. The predicted octanol–water partition coefficient (Wildman–Crippen LogP) is 4.23. The lowest BCUT2D eigenvalue weighted by atomic mass is 10.2. The summed E-state index contributed by atoms with van der Waals surface area (Å²) in [7, 11) is 1.63. The summed E-state index contributed by atoms with van der Waals surface area (Å²) in [5.41, 5.74) is 2.35. The molecule has 0 aliphatic heterocycles. The minimum Gasteiger partial charge on any atom is -0.385 e. The fourth-order valence-electron chi connectivity index (χ4n) is 2.82. The van der Waals surface area contributed by atoms with Crippen LogP contribution in [-0.2, 0) is 16.1 Å². The van der Waals surface area contributed by atoms with Crippen LogP contribution in [0.1, 0.15) is 12.0 Å². The van der Waals surface area contributed by atoms with Crippen molar-refractivity contribution in [2.75, 3.05) is 24.8 Å². The molecule has 3 aromatic rings. The number of hydrogen-bond donors (Lipinski definition) is 1. The number of nitrogens with zero attached hydrogens (tertiary/aromatic N) is 2. The third-order valence-corrected chi connectivity index (χ3v) is 6.18. The van der Waals surface area contributed by atoms with Crippen LogP contribution in [0.3, 0.4) is 0 Å². The highest BCUT2D eigenvalue weighted by Gasteiger charge is 2.13. The topological polar surface area (TPSA) is 73.2 Å². The second-order valence-electron chi connectivity index (χ2n) is 6.52. The number of rotatable bonds is 8. The molecule has 0 radical (unpaired) electrons. The van der Waals surface area contributed by atoms with E-state index in [1.165, 1.54) is 11.8 Å². The molecule has 0 bridgehead atoms. The van der Waals surface area contributed by atoms with E-state index in [0.29, 0.717) is 35.6 Å². The van der Waals surface area contributed by atoms with Crippen molar-refractivity contribution in [1.82, 2.24) is 9.55 Å². The number of aryl methyl sites for hydroxylation is 1. The van der Waals surface area contributed by atoms with E-state index in [9.17, 15) is 9.59 Å². The van der Waals surface area contributed by atoms with Crippen LogP contribution in [0.2, 0.25) is 0 Å². The number of hydrogen-bond acceptors (Lipinski definition) is 5. The van der Waals surface area contributed by atoms with Crippen molar-refractivity contribution < 1.29 is 9.53 Å². The Balaban J connectivity index is 1.78. The van der Waals surface area contributed by atoms with E-state index in [-0.39, 0.29) is 17.2 Å². The zero-order chi connectivity index (χ0) is 20.8. The first kappa shape index (κ1) is 21.5. The number of carbonyl (C=O) groups excluding carboxylic acids is 1. The average Bonchev–Trinajstić information content (AvgIpc) is 2.71. The van der Waals surface area contributed by atoms with E-state index in [1.807, 2.05) is 43.3 Å². The lowest BCUT2D eigenvalue weighted by molar-refractivity contribution is -0.113. The second kappa shape index (κ2) is 10.0. The van der Waals surface area contributed by atoms with Gasteiger partial charge in [0.25, 0.3) is 5.56 Å². The highest BCUT2D eigenvalue weighted by molar-refractivity contribution is 9.10. The number of ether oxygens (including phenoxy) is 1. The van der Waals surface area contributed by atoms with Crippen molar-refractivity contribution in [3.8, 4) is 0 Å². The summed E-state index contributed by atoms with van der Waals surface area (Å²) in [4.78, 5) is 29.9. The quantitative estimate of drug-likeness (QED) is 0.299. The largest absolute Gasteiger partial charge is 0.385 e. The lowest BCUT2D eigenvalue weighted by Gasteiger charge is -2.13. The van der Waals surface area contributed by atoms with Crippen LogP contribution < -0.4 is 10.9 Å². The van der Waals surface area contributed by atoms with E-state index < -0.39 is 0 Å². The molecule has 0 unspecified atom stereocenters. The molecule has 0 saturated carbocycles. The summed E-state index contributed by atoms with van der Waals surface area (Å²) in [5, 5.41) is 3.98. The Morgan fingerprint density at radius 1 is 1.28 bits per heavy atom. The molecule has 1 N–H and O–H groups in total. The molecular formula is C21H22BrN3O3S. The molecule has 6 nitrogen and oxygen atoms in total. The van der Waals surface area contributed by atoms with Gasteiger partial charge in [-0.05, 0) is 43.2 Å². The maximum Gasteiger partial charge on any atom is 0.262 e. The third-order valence-electron chi connectivity index (χ3n) is 4.34. The Morgan fingerprint density at radius 2 is 2.07 bits per heavy atom. The Hall–Kier alpha value is -2.16. The highest BCUT2D eigenvalue weighted by Crippen LogP contribution is 2.22. The third kappa shape index (κ3) is 5.46. The monoisotopic (exact) mass is 475 g/mol. The normalized spacial score (nSPS) is 11.0. The van der Waals surface area contributed by atoms with Crippen molar-refractivity contribution >= 4 is 50.2 Å². The summed E-state index contributed by atoms with van der Waals surface area (Å²) in [6.45, 7) is 3.02. The van der Waals surface area contributed by atoms with E-state index in [0.717, 1.165) is 15.7 Å². The fourth-order valence-corrected chi connectivity index (χ4v) is 4.02. The van der Waals surface area contributed by atoms with Crippen molar-refractivity contribution in [2.45, 2.75) is 25.0 Å². The zero-order valence-electron chi connectivity index (χ0n) is 16.3. The van der Waals surface area contributed by atoms with Crippen molar-refractivity contribution in [1.29, 1.82) is 0 Å². The molecule has 0 aliphatic rings. The van der Waals surface area contributed by atoms with Crippen LogP contribution >= 0.6 is 27.7 Å². The summed E-state index contributed by atoms with van der Waals surface area (Å²) >= 11 is 4.72. The Bertz CT molecular complexity index is 1080. The lowest BCUT2D eigenvalue weighted by Crippen LogP contribution is -2.25. The first-order valence-corrected chi connectivity index (χ1v) is 10.9. The summed E-state index contributed by atoms with van der Waals surface area (Å²) in [5.74, 6) is -0.00260. The molecule has 1 heterocycles. The van der Waals surface area contributed by atoms with Gasteiger partial charge in [-0.3, -0.25) is 14.2 Å². The molecular weight excluding hydrogens is 454 g/mol. The molecule has 0 saturated heterocycles. The first-order valence-electron chi connectivity index (χ1n) is 9.17. The van der Waals surface area contributed by atoms with Gasteiger partial charge in [-0.15, -0.1) is 0 Å². The van der Waals surface area contributed by atoms with E-state index in [4.69, 9.17) is 4.74 Å². The number of thioether (sulfide) groups is 1. The number of aromatic nitrogens is 2. The molecule has 152 valence electrons. The van der Waals surface area contributed by atoms with E-state index in [1.54, 1.807) is 17.7 Å². The number of halogens is 1. The molecule has 0 spiro atoms. The first-order chi connectivity index (χ1) is 14.0. The second-order valence-corrected chi connectivity index (χ2v) is 8.31. The van der Waals surface area contributed by atoms with Gasteiger partial charge in [0.15, 0.2) is 5.16 Å². The molecule has 0 fully saturated rings. The number of amides is 1. The zero-order valence-corrected chi connectivity index (χ0v) is 18.7. The van der Waals surface area contributed by atoms with Crippen LogP contribution in [0, 0.1) is 6.92 Å². The number of benzene rings is 2. The van der Waals surface area contributed by atoms with Gasteiger partial charge in [0.2, 0.25) is 5.91 Å². The minimum atomic E-state index is -0.156. The van der Waals surface area contributed by atoms with Crippen LogP contribution in [-0.4, -0.2) is 34.9 Å². The van der Waals surface area contributed by atoms with Gasteiger partial charge >= 0.3 is 0 Å².